The fourth-order valence-electron chi connectivity index (χ4n) is 3.08. The van der Waals surface area contributed by atoms with E-state index >= 15 is 0 Å². The quantitative estimate of drug-likeness (QED) is 0.297. The van der Waals surface area contributed by atoms with Gasteiger partial charge in [-0.15, -0.1) is 0 Å². The van der Waals surface area contributed by atoms with Crippen LogP contribution in [0.5, 0.6) is 0 Å². The summed E-state index contributed by atoms with van der Waals surface area (Å²) in [5.74, 6) is -1.28. The Bertz CT molecular complexity index is 1220. The van der Waals surface area contributed by atoms with E-state index < -0.39 is 38.0 Å². The van der Waals surface area contributed by atoms with Crippen molar-refractivity contribution in [3.63, 3.8) is 0 Å². The van der Waals surface area contributed by atoms with Gasteiger partial charge >= 0.3 is 0 Å². The molecule has 0 fully saturated rings. The van der Waals surface area contributed by atoms with Gasteiger partial charge in [-0.3, -0.25) is 19.7 Å². The van der Waals surface area contributed by atoms with Gasteiger partial charge in [0.15, 0.2) is 21.4 Å². The molecule has 0 aromatic heterocycles. The number of carbonyl (C=O) groups excluding carboxylic acids is 2. The molecule has 0 unspecified atom stereocenters. The molecule has 31 heavy (non-hydrogen) atoms. The molecule has 7 nitrogen and oxygen atoms in total. The van der Waals surface area contributed by atoms with Gasteiger partial charge in [0, 0.05) is 29.7 Å². The number of benzene rings is 3. The lowest BCUT2D eigenvalue weighted by atomic mass is 10.0. The number of hydrogen-bond acceptors (Lipinski definition) is 6. The van der Waals surface area contributed by atoms with Crippen molar-refractivity contribution in [1.82, 2.24) is 0 Å². The van der Waals surface area contributed by atoms with Gasteiger partial charge in [0.05, 0.1) is 9.82 Å². The molecule has 0 amide bonds. The fraction of sp³-hybridized carbons (Fsp3) is 0.130. The van der Waals surface area contributed by atoms with E-state index in [-0.39, 0.29) is 16.1 Å². The van der Waals surface area contributed by atoms with Crippen molar-refractivity contribution in [2.24, 2.45) is 0 Å². The average Bonchev–Trinajstić information content (AvgIpc) is 2.77. The second-order valence-corrected chi connectivity index (χ2v) is 9.14. The van der Waals surface area contributed by atoms with Gasteiger partial charge < -0.3 is 0 Å². The van der Waals surface area contributed by atoms with Crippen LogP contribution < -0.4 is 0 Å². The third-order valence-electron chi connectivity index (χ3n) is 4.85. The zero-order valence-electron chi connectivity index (χ0n) is 16.6. The largest absolute Gasteiger partial charge is 0.294 e. The Labute approximate surface area is 179 Å². The fourth-order valence-corrected chi connectivity index (χ4v) is 4.71. The molecule has 0 aliphatic rings. The predicted molar refractivity (Wildman–Crippen MR) is 115 cm³/mol. The van der Waals surface area contributed by atoms with E-state index in [1.807, 2.05) is 0 Å². The molecule has 0 aliphatic carbocycles. The Morgan fingerprint density at radius 3 is 2.00 bits per heavy atom. The van der Waals surface area contributed by atoms with Crippen LogP contribution >= 0.6 is 0 Å². The molecule has 0 saturated heterocycles. The number of nitrogens with zero attached hydrogens (tertiary/aromatic N) is 1. The van der Waals surface area contributed by atoms with Gasteiger partial charge in [-0.1, -0.05) is 48.0 Å². The van der Waals surface area contributed by atoms with Crippen LogP contribution in [0.1, 0.15) is 32.7 Å². The Morgan fingerprint density at radius 2 is 1.45 bits per heavy atom. The summed E-state index contributed by atoms with van der Waals surface area (Å²) in [6.45, 7) is 1.80. The maximum absolute atomic E-state index is 13.3. The van der Waals surface area contributed by atoms with E-state index in [0.29, 0.717) is 5.56 Å². The van der Waals surface area contributed by atoms with E-state index in [4.69, 9.17) is 0 Å². The third kappa shape index (κ3) is 4.92. The topological polar surface area (TPSA) is 111 Å². The first-order chi connectivity index (χ1) is 14.7. The lowest BCUT2D eigenvalue weighted by molar-refractivity contribution is -0.384. The van der Waals surface area contributed by atoms with Crippen LogP contribution in [0.25, 0.3) is 0 Å². The molecule has 3 rings (SSSR count). The van der Waals surface area contributed by atoms with Gasteiger partial charge in [0.2, 0.25) is 0 Å². The Hall–Kier alpha value is -3.65. The Morgan fingerprint density at radius 1 is 0.871 bits per heavy atom. The van der Waals surface area contributed by atoms with Crippen molar-refractivity contribution < 1.29 is 22.9 Å². The number of rotatable bonds is 8. The summed E-state index contributed by atoms with van der Waals surface area (Å²) in [5, 5.41) is 9.21. The van der Waals surface area contributed by atoms with Gasteiger partial charge in [-0.25, -0.2) is 8.42 Å². The van der Waals surface area contributed by atoms with E-state index in [9.17, 15) is 28.1 Å². The minimum Gasteiger partial charge on any atom is -0.294 e. The summed E-state index contributed by atoms with van der Waals surface area (Å²) in [7, 11) is -4.20. The first-order valence-electron chi connectivity index (χ1n) is 9.37. The van der Waals surface area contributed by atoms with Gasteiger partial charge in [-0.05, 0) is 31.2 Å². The standard InChI is InChI=1S/C23H19NO6S/c1-16-7-13-20(14-8-16)31(29,30)22(15-21(25)17-5-3-2-4-6-17)23(26)18-9-11-19(12-10-18)24(27)28/h2-14,22H,15H2,1H3/t22-/m0/s1. The van der Waals surface area contributed by atoms with Crippen LogP contribution in [0.2, 0.25) is 0 Å². The number of ketones is 2. The number of sulfone groups is 1. The summed E-state index contributed by atoms with van der Waals surface area (Å²) in [5.41, 5.74) is 0.891. The molecule has 1 atom stereocenters. The first-order valence-corrected chi connectivity index (χ1v) is 10.9. The van der Waals surface area contributed by atoms with E-state index in [2.05, 4.69) is 0 Å². The van der Waals surface area contributed by atoms with E-state index in [1.54, 1.807) is 49.4 Å². The number of nitro groups is 1. The lowest BCUT2D eigenvalue weighted by Gasteiger charge is -2.17. The summed E-state index contributed by atoms with van der Waals surface area (Å²) in [4.78, 5) is 36.1. The van der Waals surface area contributed by atoms with Crippen LogP contribution in [0.4, 0.5) is 5.69 Å². The minimum atomic E-state index is -4.20. The van der Waals surface area contributed by atoms with Crippen LogP contribution in [0.3, 0.4) is 0 Å². The highest BCUT2D eigenvalue weighted by molar-refractivity contribution is 7.92. The maximum Gasteiger partial charge on any atom is 0.269 e. The van der Waals surface area contributed by atoms with E-state index in [0.717, 1.165) is 17.7 Å². The number of nitro benzene ring substituents is 1. The number of carbonyl (C=O) groups is 2. The van der Waals surface area contributed by atoms with Crippen LogP contribution in [-0.4, -0.2) is 30.2 Å². The highest BCUT2D eigenvalue weighted by atomic mass is 32.2. The van der Waals surface area contributed by atoms with E-state index in [1.165, 1.54) is 24.3 Å². The predicted octanol–water partition coefficient (Wildman–Crippen LogP) is 4.20. The summed E-state index contributed by atoms with van der Waals surface area (Å²) >= 11 is 0. The van der Waals surface area contributed by atoms with Crippen LogP contribution in [0, 0.1) is 17.0 Å². The third-order valence-corrected chi connectivity index (χ3v) is 6.90. The van der Waals surface area contributed by atoms with Crippen molar-refractivity contribution in [1.29, 1.82) is 0 Å². The number of hydrogen-bond donors (Lipinski definition) is 0. The Kier molecular flexibility index (Phi) is 6.41. The SMILES string of the molecule is Cc1ccc(S(=O)(=O)[C@@H](CC(=O)c2ccccc2)C(=O)c2ccc([N+](=O)[O-])cc2)cc1. The van der Waals surface area contributed by atoms with Crippen molar-refractivity contribution in [3.8, 4) is 0 Å². The van der Waals surface area contributed by atoms with Gasteiger partial charge in [0.25, 0.3) is 5.69 Å². The molecule has 0 radical (unpaired) electrons. The number of non-ortho nitro benzene ring substituents is 1. The summed E-state index contributed by atoms with van der Waals surface area (Å²) < 4.78 is 26.6. The molecule has 0 N–H and O–H groups in total. The molecular formula is C23H19NO6S. The van der Waals surface area contributed by atoms with Crippen LogP contribution in [0.15, 0.2) is 83.8 Å². The van der Waals surface area contributed by atoms with Crippen molar-refractivity contribution in [3.05, 3.63) is 106 Å². The normalized spacial score (nSPS) is 12.2. The molecule has 158 valence electrons. The molecule has 0 saturated carbocycles. The second-order valence-electron chi connectivity index (χ2n) is 7.01. The zero-order valence-corrected chi connectivity index (χ0v) is 17.4. The van der Waals surface area contributed by atoms with Crippen molar-refractivity contribution >= 4 is 27.1 Å². The van der Waals surface area contributed by atoms with Gasteiger partial charge in [0.1, 0.15) is 5.25 Å². The number of Topliss-reactive ketones (excluding diaryl/α,β-unsaturated/α-hetero) is 2. The maximum atomic E-state index is 13.3. The smallest absolute Gasteiger partial charge is 0.269 e. The molecule has 0 aliphatic heterocycles. The molecule has 0 heterocycles. The molecule has 0 bridgehead atoms. The molecule has 3 aromatic carbocycles. The molecule has 8 heteroatoms. The average molecular weight is 437 g/mol. The monoisotopic (exact) mass is 437 g/mol. The second kappa shape index (κ2) is 9.01. The van der Waals surface area contributed by atoms with Crippen molar-refractivity contribution in [2.75, 3.05) is 0 Å². The first kappa shape index (κ1) is 22.0. The Balaban J connectivity index is 2.02. The lowest BCUT2D eigenvalue weighted by Crippen LogP contribution is -2.33. The molecule has 0 spiro atoms. The summed E-state index contributed by atoms with van der Waals surface area (Å²) in [6, 6.07) is 18.8. The molecular weight excluding hydrogens is 418 g/mol. The minimum absolute atomic E-state index is 0.0212. The van der Waals surface area contributed by atoms with Crippen LogP contribution in [-0.2, 0) is 9.84 Å². The summed E-state index contributed by atoms with van der Waals surface area (Å²) in [6.07, 6.45) is -0.546. The van der Waals surface area contributed by atoms with Gasteiger partial charge in [-0.2, -0.15) is 0 Å². The highest BCUT2D eigenvalue weighted by Gasteiger charge is 2.36. The highest BCUT2D eigenvalue weighted by Crippen LogP contribution is 2.25. The van der Waals surface area contributed by atoms with Crippen molar-refractivity contribution in [2.45, 2.75) is 23.5 Å². The number of aryl methyl sites for hydroxylation is 1. The zero-order chi connectivity index (χ0) is 22.6. The molecule has 3 aromatic rings.